The highest BCUT2D eigenvalue weighted by Gasteiger charge is 2.37. The first kappa shape index (κ1) is 16.1. The van der Waals surface area contributed by atoms with E-state index in [4.69, 9.17) is 4.74 Å². The molecule has 6 heteroatoms. The van der Waals surface area contributed by atoms with E-state index in [1.807, 2.05) is 19.9 Å². The van der Waals surface area contributed by atoms with Crippen molar-refractivity contribution in [2.75, 3.05) is 32.8 Å². The number of rotatable bonds is 4. The number of amides is 1. The van der Waals surface area contributed by atoms with E-state index >= 15 is 0 Å². The standard InChI is InChI=1S/C17H26N4O2/c1-4-15-17(18-12(2)3)21-7-8-23-11-14(21)9-20(15)10-16(22)19-13-5-6-13/h4,13-14H,2,5-11H2,1,3H3,(H,19,22)/b15-4+,18-17?. The first-order valence-corrected chi connectivity index (χ1v) is 8.38. The maximum Gasteiger partial charge on any atom is 0.239 e. The van der Waals surface area contributed by atoms with Gasteiger partial charge in [0.05, 0.1) is 31.5 Å². The van der Waals surface area contributed by atoms with Crippen LogP contribution in [0.5, 0.6) is 0 Å². The van der Waals surface area contributed by atoms with Gasteiger partial charge in [-0.2, -0.15) is 0 Å². The summed E-state index contributed by atoms with van der Waals surface area (Å²) in [5, 5.41) is 3.06. The zero-order chi connectivity index (χ0) is 16.4. The van der Waals surface area contributed by atoms with Gasteiger partial charge in [-0.05, 0) is 26.7 Å². The number of carbonyl (C=O) groups is 1. The lowest BCUT2D eigenvalue weighted by Crippen LogP contribution is -2.60. The van der Waals surface area contributed by atoms with Gasteiger partial charge in [0.25, 0.3) is 0 Å². The van der Waals surface area contributed by atoms with Crippen LogP contribution in [-0.2, 0) is 9.53 Å². The fourth-order valence-electron chi connectivity index (χ4n) is 3.16. The third kappa shape index (κ3) is 3.75. The van der Waals surface area contributed by atoms with Crippen molar-refractivity contribution in [3.63, 3.8) is 0 Å². The second-order valence-electron chi connectivity index (χ2n) is 6.49. The Bertz CT molecular complexity index is 551. The Hall–Kier alpha value is -1.82. The lowest BCUT2D eigenvalue weighted by Gasteiger charge is -2.47. The van der Waals surface area contributed by atoms with E-state index in [-0.39, 0.29) is 11.9 Å². The van der Waals surface area contributed by atoms with Gasteiger partial charge in [-0.25, -0.2) is 4.99 Å². The van der Waals surface area contributed by atoms with Gasteiger partial charge in [0.15, 0.2) is 5.84 Å². The smallest absolute Gasteiger partial charge is 0.239 e. The molecule has 1 aliphatic carbocycles. The average Bonchev–Trinajstić information content (AvgIpc) is 3.30. The topological polar surface area (TPSA) is 57.2 Å². The van der Waals surface area contributed by atoms with Crippen LogP contribution in [0.15, 0.2) is 29.0 Å². The number of fused-ring (bicyclic) bond motifs is 1. The third-order valence-electron chi connectivity index (χ3n) is 4.35. The molecular formula is C17H26N4O2. The number of hydrogen-bond acceptors (Lipinski definition) is 4. The third-order valence-corrected chi connectivity index (χ3v) is 4.35. The Balaban J connectivity index is 1.80. The van der Waals surface area contributed by atoms with Crippen LogP contribution in [0.4, 0.5) is 0 Å². The van der Waals surface area contributed by atoms with Crippen molar-refractivity contribution in [1.82, 2.24) is 15.1 Å². The molecule has 2 aliphatic heterocycles. The minimum atomic E-state index is 0.0895. The number of piperazine rings is 1. The monoisotopic (exact) mass is 318 g/mol. The SMILES string of the molecule is C=C(C)N=C1/C(=C\C)N(CC(=O)NC2CC2)CC2COCCN12. The van der Waals surface area contributed by atoms with Gasteiger partial charge in [0, 0.05) is 24.8 Å². The molecule has 0 spiro atoms. The molecule has 0 radical (unpaired) electrons. The Kier molecular flexibility index (Phi) is 4.71. The van der Waals surface area contributed by atoms with Crippen LogP contribution in [0, 0.1) is 0 Å². The fraction of sp³-hybridized carbons (Fsp3) is 0.647. The van der Waals surface area contributed by atoms with Gasteiger partial charge in [0.1, 0.15) is 0 Å². The second kappa shape index (κ2) is 6.74. The van der Waals surface area contributed by atoms with Crippen LogP contribution in [-0.4, -0.2) is 66.5 Å². The first-order chi connectivity index (χ1) is 11.1. The van der Waals surface area contributed by atoms with Gasteiger partial charge in [0.2, 0.25) is 5.91 Å². The molecule has 0 aromatic heterocycles. The molecule has 1 N–H and O–H groups in total. The number of morpholine rings is 1. The van der Waals surface area contributed by atoms with Gasteiger partial charge < -0.3 is 19.9 Å². The largest absolute Gasteiger partial charge is 0.377 e. The lowest BCUT2D eigenvalue weighted by molar-refractivity contribution is -0.122. The minimum absolute atomic E-state index is 0.0895. The molecule has 0 aromatic rings. The number of nitrogens with one attached hydrogen (secondary N) is 1. The summed E-state index contributed by atoms with van der Waals surface area (Å²) < 4.78 is 5.62. The molecule has 1 atom stereocenters. The predicted molar refractivity (Wildman–Crippen MR) is 90.1 cm³/mol. The van der Waals surface area contributed by atoms with Crippen LogP contribution in [0.25, 0.3) is 0 Å². The van der Waals surface area contributed by atoms with E-state index < -0.39 is 0 Å². The number of hydrogen-bond donors (Lipinski definition) is 1. The number of allylic oxidation sites excluding steroid dienone is 2. The molecule has 0 aromatic carbocycles. The van der Waals surface area contributed by atoms with E-state index in [9.17, 15) is 4.79 Å². The summed E-state index contributed by atoms with van der Waals surface area (Å²) in [5.41, 5.74) is 1.78. The molecule has 2 saturated heterocycles. The van der Waals surface area contributed by atoms with E-state index in [0.717, 1.165) is 43.2 Å². The number of ether oxygens (including phenoxy) is 1. The molecule has 3 aliphatic rings. The highest BCUT2D eigenvalue weighted by molar-refractivity contribution is 6.00. The normalized spacial score (nSPS) is 28.0. The molecule has 23 heavy (non-hydrogen) atoms. The maximum absolute atomic E-state index is 12.2. The van der Waals surface area contributed by atoms with Crippen LogP contribution in [0.2, 0.25) is 0 Å². The quantitative estimate of drug-likeness (QED) is 0.844. The molecular weight excluding hydrogens is 292 g/mol. The Morgan fingerprint density at radius 2 is 2.30 bits per heavy atom. The maximum atomic E-state index is 12.2. The minimum Gasteiger partial charge on any atom is -0.377 e. The molecule has 6 nitrogen and oxygen atoms in total. The van der Waals surface area contributed by atoms with Crippen LogP contribution in [0.1, 0.15) is 26.7 Å². The molecule has 126 valence electrons. The summed E-state index contributed by atoms with van der Waals surface area (Å²) in [6.07, 6.45) is 4.25. The summed E-state index contributed by atoms with van der Waals surface area (Å²) in [5.74, 6) is 1.01. The predicted octanol–water partition coefficient (Wildman–Crippen LogP) is 1.12. The van der Waals surface area contributed by atoms with Crippen molar-refractivity contribution in [2.24, 2.45) is 4.99 Å². The van der Waals surface area contributed by atoms with Crippen molar-refractivity contribution >= 4 is 11.7 Å². The number of amidine groups is 1. The van der Waals surface area contributed by atoms with E-state index in [1.54, 1.807) is 0 Å². The van der Waals surface area contributed by atoms with Crippen molar-refractivity contribution in [1.29, 1.82) is 0 Å². The van der Waals surface area contributed by atoms with Crippen molar-refractivity contribution in [3.8, 4) is 0 Å². The van der Waals surface area contributed by atoms with Crippen LogP contribution >= 0.6 is 0 Å². The molecule has 3 fully saturated rings. The summed E-state index contributed by atoms with van der Waals surface area (Å²) >= 11 is 0. The average molecular weight is 318 g/mol. The fourth-order valence-corrected chi connectivity index (χ4v) is 3.16. The van der Waals surface area contributed by atoms with Crippen LogP contribution in [0.3, 0.4) is 0 Å². The number of aliphatic imine (C=N–C) groups is 1. The Morgan fingerprint density at radius 3 is 2.96 bits per heavy atom. The summed E-state index contributed by atoms with van der Waals surface area (Å²) in [4.78, 5) is 21.3. The molecule has 1 amide bonds. The molecule has 3 rings (SSSR count). The van der Waals surface area contributed by atoms with E-state index in [1.165, 1.54) is 0 Å². The highest BCUT2D eigenvalue weighted by atomic mass is 16.5. The number of nitrogens with zero attached hydrogens (tertiary/aromatic N) is 3. The second-order valence-corrected chi connectivity index (χ2v) is 6.49. The molecule has 2 heterocycles. The summed E-state index contributed by atoms with van der Waals surface area (Å²) in [6.45, 7) is 11.2. The van der Waals surface area contributed by atoms with Crippen molar-refractivity contribution < 1.29 is 9.53 Å². The highest BCUT2D eigenvalue weighted by Crippen LogP contribution is 2.24. The van der Waals surface area contributed by atoms with E-state index in [0.29, 0.717) is 25.8 Å². The van der Waals surface area contributed by atoms with Crippen molar-refractivity contribution in [3.05, 3.63) is 24.0 Å². The number of carbonyl (C=O) groups excluding carboxylic acids is 1. The lowest BCUT2D eigenvalue weighted by atomic mass is 10.1. The summed E-state index contributed by atoms with van der Waals surface area (Å²) in [7, 11) is 0. The van der Waals surface area contributed by atoms with E-state index in [2.05, 4.69) is 26.7 Å². The van der Waals surface area contributed by atoms with Gasteiger partial charge in [-0.15, -0.1) is 0 Å². The first-order valence-electron chi connectivity index (χ1n) is 8.38. The van der Waals surface area contributed by atoms with Crippen molar-refractivity contribution in [2.45, 2.75) is 38.8 Å². The van der Waals surface area contributed by atoms with Gasteiger partial charge in [-0.3, -0.25) is 4.79 Å². The molecule has 1 saturated carbocycles. The summed E-state index contributed by atoms with van der Waals surface area (Å²) in [6, 6.07) is 0.624. The van der Waals surface area contributed by atoms with Crippen LogP contribution < -0.4 is 5.32 Å². The Labute approximate surface area is 137 Å². The zero-order valence-electron chi connectivity index (χ0n) is 14.0. The van der Waals surface area contributed by atoms with Gasteiger partial charge in [-0.1, -0.05) is 12.7 Å². The Morgan fingerprint density at radius 1 is 1.52 bits per heavy atom. The molecule has 0 bridgehead atoms. The molecule has 1 unspecified atom stereocenters. The zero-order valence-corrected chi connectivity index (χ0v) is 14.0. The van der Waals surface area contributed by atoms with Gasteiger partial charge >= 0.3 is 0 Å².